The number of amides is 1. The molecule has 0 aromatic heterocycles. The molecule has 0 bridgehead atoms. The largest absolute Gasteiger partial charge is 0.349 e. The van der Waals surface area contributed by atoms with E-state index in [0.29, 0.717) is 18.9 Å². The first-order valence-corrected chi connectivity index (χ1v) is 8.08. The first-order valence-electron chi connectivity index (χ1n) is 8.08. The van der Waals surface area contributed by atoms with Crippen LogP contribution in [-0.2, 0) is 11.2 Å². The van der Waals surface area contributed by atoms with Gasteiger partial charge in [0, 0.05) is 13.0 Å². The van der Waals surface area contributed by atoms with Crippen molar-refractivity contribution in [2.75, 3.05) is 6.54 Å². The molecule has 0 spiro atoms. The highest BCUT2D eigenvalue weighted by molar-refractivity contribution is 5.85. The standard InChI is InChI=1S/C18H28N2O.ClH/c1-4-14-5-7-15(8-6-14)13(2)11-17(21)20-18(3,12-19)16-9-10-16;/h5-8,13,16H,4,9-12,19H2,1-3H3,(H,20,21);1H. The molecule has 0 saturated heterocycles. The number of nitrogens with one attached hydrogen (secondary N) is 1. The van der Waals surface area contributed by atoms with Gasteiger partial charge in [0.2, 0.25) is 5.91 Å². The van der Waals surface area contributed by atoms with E-state index in [0.717, 1.165) is 6.42 Å². The molecule has 1 aliphatic rings. The number of nitrogens with two attached hydrogens (primary N) is 1. The Morgan fingerprint density at radius 1 is 1.36 bits per heavy atom. The van der Waals surface area contributed by atoms with E-state index in [9.17, 15) is 4.79 Å². The summed E-state index contributed by atoms with van der Waals surface area (Å²) in [6.07, 6.45) is 3.93. The summed E-state index contributed by atoms with van der Waals surface area (Å²) in [7, 11) is 0. The number of hydrogen-bond acceptors (Lipinski definition) is 2. The van der Waals surface area contributed by atoms with Gasteiger partial charge < -0.3 is 11.1 Å². The Bertz CT molecular complexity index is 484. The fourth-order valence-corrected chi connectivity index (χ4v) is 2.89. The Labute approximate surface area is 140 Å². The zero-order valence-electron chi connectivity index (χ0n) is 13.9. The molecule has 0 aliphatic heterocycles. The van der Waals surface area contributed by atoms with Crippen LogP contribution in [0.25, 0.3) is 0 Å². The second-order valence-electron chi connectivity index (χ2n) is 6.64. The number of carbonyl (C=O) groups excluding carboxylic acids is 1. The Kier molecular flexibility index (Phi) is 6.89. The topological polar surface area (TPSA) is 55.1 Å². The van der Waals surface area contributed by atoms with Crippen molar-refractivity contribution in [3.8, 4) is 0 Å². The molecular formula is C18H29ClN2O. The third kappa shape index (κ3) is 4.72. The molecule has 1 amide bonds. The van der Waals surface area contributed by atoms with E-state index in [-0.39, 0.29) is 29.8 Å². The van der Waals surface area contributed by atoms with Crippen LogP contribution in [0.3, 0.4) is 0 Å². The molecule has 1 saturated carbocycles. The first kappa shape index (κ1) is 19.0. The van der Waals surface area contributed by atoms with Gasteiger partial charge in [-0.2, -0.15) is 0 Å². The SMILES string of the molecule is CCc1ccc(C(C)CC(=O)NC(C)(CN)C2CC2)cc1.Cl. The van der Waals surface area contributed by atoms with Crippen LogP contribution in [-0.4, -0.2) is 18.0 Å². The molecule has 3 nitrogen and oxygen atoms in total. The van der Waals surface area contributed by atoms with Gasteiger partial charge in [0.1, 0.15) is 0 Å². The third-order valence-electron chi connectivity index (χ3n) is 4.78. The van der Waals surface area contributed by atoms with Crippen LogP contribution in [0.4, 0.5) is 0 Å². The smallest absolute Gasteiger partial charge is 0.221 e. The van der Waals surface area contributed by atoms with Gasteiger partial charge in [-0.3, -0.25) is 4.79 Å². The highest BCUT2D eigenvalue weighted by Gasteiger charge is 2.41. The maximum atomic E-state index is 12.3. The summed E-state index contributed by atoms with van der Waals surface area (Å²) in [5.41, 5.74) is 8.19. The monoisotopic (exact) mass is 324 g/mol. The lowest BCUT2D eigenvalue weighted by Crippen LogP contribution is -2.53. The van der Waals surface area contributed by atoms with Gasteiger partial charge in [0.15, 0.2) is 0 Å². The third-order valence-corrected chi connectivity index (χ3v) is 4.78. The van der Waals surface area contributed by atoms with Gasteiger partial charge in [0.05, 0.1) is 5.54 Å². The van der Waals surface area contributed by atoms with Gasteiger partial charge in [-0.05, 0) is 49.1 Å². The van der Waals surface area contributed by atoms with E-state index >= 15 is 0 Å². The van der Waals surface area contributed by atoms with E-state index in [1.54, 1.807) is 0 Å². The first-order chi connectivity index (χ1) is 9.98. The minimum Gasteiger partial charge on any atom is -0.349 e. The Morgan fingerprint density at radius 2 is 1.95 bits per heavy atom. The Hall–Kier alpha value is -1.06. The summed E-state index contributed by atoms with van der Waals surface area (Å²) in [4.78, 5) is 12.3. The van der Waals surface area contributed by atoms with Crippen LogP contribution >= 0.6 is 12.4 Å². The number of benzene rings is 1. The zero-order valence-corrected chi connectivity index (χ0v) is 14.7. The molecule has 2 rings (SSSR count). The number of rotatable bonds is 7. The van der Waals surface area contributed by atoms with Gasteiger partial charge >= 0.3 is 0 Å². The van der Waals surface area contributed by atoms with E-state index in [2.05, 4.69) is 50.4 Å². The molecule has 1 aliphatic carbocycles. The molecular weight excluding hydrogens is 296 g/mol. The number of aryl methyl sites for hydroxylation is 1. The highest BCUT2D eigenvalue weighted by Crippen LogP contribution is 2.39. The molecule has 1 aromatic carbocycles. The summed E-state index contributed by atoms with van der Waals surface area (Å²) in [5.74, 6) is 0.907. The minimum atomic E-state index is -0.219. The number of halogens is 1. The normalized spacial score (nSPS) is 18.0. The van der Waals surface area contributed by atoms with Gasteiger partial charge in [-0.1, -0.05) is 38.1 Å². The molecule has 0 radical (unpaired) electrons. The van der Waals surface area contributed by atoms with Gasteiger partial charge in [0.25, 0.3) is 0 Å². The van der Waals surface area contributed by atoms with Crippen LogP contribution in [0.5, 0.6) is 0 Å². The molecule has 4 heteroatoms. The number of carbonyl (C=O) groups is 1. The van der Waals surface area contributed by atoms with Crippen molar-refractivity contribution in [1.82, 2.24) is 5.32 Å². The molecule has 2 atom stereocenters. The summed E-state index contributed by atoms with van der Waals surface area (Å²) in [5, 5.41) is 3.16. The highest BCUT2D eigenvalue weighted by atomic mass is 35.5. The lowest BCUT2D eigenvalue weighted by atomic mass is 9.93. The van der Waals surface area contributed by atoms with Gasteiger partial charge in [-0.15, -0.1) is 12.4 Å². The maximum Gasteiger partial charge on any atom is 0.221 e. The summed E-state index contributed by atoms with van der Waals surface area (Å²) < 4.78 is 0. The quantitative estimate of drug-likeness (QED) is 0.807. The average Bonchev–Trinajstić information content (AvgIpc) is 3.32. The Balaban J connectivity index is 0.00000242. The van der Waals surface area contributed by atoms with Crippen molar-refractivity contribution in [2.24, 2.45) is 11.7 Å². The molecule has 1 aromatic rings. The average molecular weight is 325 g/mol. The number of hydrogen-bond donors (Lipinski definition) is 2. The molecule has 1 fully saturated rings. The molecule has 124 valence electrons. The van der Waals surface area contributed by atoms with Crippen LogP contribution < -0.4 is 11.1 Å². The van der Waals surface area contributed by atoms with Crippen molar-refractivity contribution in [3.05, 3.63) is 35.4 Å². The molecule has 3 N–H and O–H groups in total. The zero-order chi connectivity index (χ0) is 15.5. The van der Waals surface area contributed by atoms with Crippen molar-refractivity contribution in [1.29, 1.82) is 0 Å². The second-order valence-corrected chi connectivity index (χ2v) is 6.64. The van der Waals surface area contributed by atoms with E-state index in [1.165, 1.54) is 24.0 Å². The summed E-state index contributed by atoms with van der Waals surface area (Å²) in [6, 6.07) is 8.58. The molecule has 0 heterocycles. The second kappa shape index (κ2) is 7.98. The molecule has 2 unspecified atom stereocenters. The van der Waals surface area contributed by atoms with Crippen molar-refractivity contribution in [2.45, 2.75) is 57.9 Å². The predicted molar refractivity (Wildman–Crippen MR) is 94.4 cm³/mol. The van der Waals surface area contributed by atoms with Crippen LogP contribution in [0, 0.1) is 5.92 Å². The van der Waals surface area contributed by atoms with E-state index < -0.39 is 0 Å². The maximum absolute atomic E-state index is 12.3. The van der Waals surface area contributed by atoms with Crippen LogP contribution in [0.15, 0.2) is 24.3 Å². The van der Waals surface area contributed by atoms with E-state index in [1.807, 2.05) is 0 Å². The lowest BCUT2D eigenvalue weighted by molar-refractivity contribution is -0.123. The minimum absolute atomic E-state index is 0. The van der Waals surface area contributed by atoms with E-state index in [4.69, 9.17) is 5.73 Å². The van der Waals surface area contributed by atoms with Crippen LogP contribution in [0.2, 0.25) is 0 Å². The summed E-state index contributed by atoms with van der Waals surface area (Å²) in [6.45, 7) is 6.85. The fourth-order valence-electron chi connectivity index (χ4n) is 2.89. The van der Waals surface area contributed by atoms with Crippen molar-refractivity contribution < 1.29 is 4.79 Å². The van der Waals surface area contributed by atoms with Crippen LogP contribution in [0.1, 0.15) is 57.1 Å². The van der Waals surface area contributed by atoms with Crippen molar-refractivity contribution in [3.63, 3.8) is 0 Å². The summed E-state index contributed by atoms with van der Waals surface area (Å²) >= 11 is 0. The molecule has 22 heavy (non-hydrogen) atoms. The lowest BCUT2D eigenvalue weighted by Gasteiger charge is -2.30. The van der Waals surface area contributed by atoms with Gasteiger partial charge in [-0.25, -0.2) is 0 Å². The van der Waals surface area contributed by atoms with Crippen molar-refractivity contribution >= 4 is 18.3 Å². The predicted octanol–water partition coefficient (Wildman–Crippen LogP) is 3.41. The fraction of sp³-hybridized carbons (Fsp3) is 0.611. The Morgan fingerprint density at radius 3 is 2.41 bits per heavy atom.